The summed E-state index contributed by atoms with van der Waals surface area (Å²) in [6, 6.07) is 5.41. The van der Waals surface area contributed by atoms with Gasteiger partial charge < -0.3 is 19.6 Å². The second-order valence-electron chi connectivity index (χ2n) is 4.13. The number of ether oxygens (including phenoxy) is 2. The van der Waals surface area contributed by atoms with Crippen LogP contribution in [-0.2, 0) is 16.1 Å². The lowest BCUT2D eigenvalue weighted by molar-refractivity contribution is 0.0219. The third-order valence-electron chi connectivity index (χ3n) is 2.79. The van der Waals surface area contributed by atoms with Crippen LogP contribution in [0.1, 0.15) is 12.3 Å². The summed E-state index contributed by atoms with van der Waals surface area (Å²) in [4.78, 5) is 4.32. The van der Waals surface area contributed by atoms with Crippen molar-refractivity contribution in [2.75, 3.05) is 18.9 Å². The smallest absolute Gasteiger partial charge is 0.221 e. The first-order valence-corrected chi connectivity index (χ1v) is 5.65. The second-order valence-corrected chi connectivity index (χ2v) is 4.13. The zero-order chi connectivity index (χ0) is 11.7. The van der Waals surface area contributed by atoms with Crippen LogP contribution < -0.4 is 5.73 Å². The van der Waals surface area contributed by atoms with Crippen molar-refractivity contribution in [1.82, 2.24) is 4.98 Å². The molecule has 1 atom stereocenters. The van der Waals surface area contributed by atoms with Crippen molar-refractivity contribution in [2.45, 2.75) is 19.1 Å². The number of oxazole rings is 1. The van der Waals surface area contributed by atoms with Gasteiger partial charge in [0.25, 0.3) is 0 Å². The number of nitrogens with zero attached hydrogens (tertiary/aromatic N) is 1. The van der Waals surface area contributed by atoms with Gasteiger partial charge in [-0.3, -0.25) is 0 Å². The number of hydrogen-bond acceptors (Lipinski definition) is 5. The number of rotatable bonds is 3. The zero-order valence-corrected chi connectivity index (χ0v) is 9.39. The predicted octanol–water partition coefficient (Wildman–Crippen LogP) is 1.72. The minimum atomic E-state index is 0.162. The molecule has 0 spiro atoms. The van der Waals surface area contributed by atoms with E-state index in [0.717, 1.165) is 24.1 Å². The molecule has 1 saturated heterocycles. The topological polar surface area (TPSA) is 70.5 Å². The fourth-order valence-corrected chi connectivity index (χ4v) is 1.89. The van der Waals surface area contributed by atoms with Crippen molar-refractivity contribution >= 4 is 16.8 Å². The summed E-state index contributed by atoms with van der Waals surface area (Å²) in [5.41, 5.74) is 7.87. The number of nitrogen functional groups attached to an aromatic ring is 1. The van der Waals surface area contributed by atoms with Crippen molar-refractivity contribution in [2.24, 2.45) is 0 Å². The number of nitrogens with two attached hydrogens (primary N) is 1. The Balaban J connectivity index is 1.72. The van der Waals surface area contributed by atoms with Crippen molar-refractivity contribution < 1.29 is 13.9 Å². The Labute approximate surface area is 98.5 Å². The highest BCUT2D eigenvalue weighted by atomic mass is 16.5. The summed E-state index contributed by atoms with van der Waals surface area (Å²) in [5, 5.41) is 0. The maximum absolute atomic E-state index is 5.68. The summed E-state index contributed by atoms with van der Waals surface area (Å²) in [7, 11) is 0. The SMILES string of the molecule is Nc1ccc2oc(COC3CCOC3)nc2c1. The lowest BCUT2D eigenvalue weighted by Gasteiger charge is -2.06. The summed E-state index contributed by atoms with van der Waals surface area (Å²) < 4.78 is 16.4. The number of aromatic nitrogens is 1. The van der Waals surface area contributed by atoms with Gasteiger partial charge in [-0.15, -0.1) is 0 Å². The molecule has 1 unspecified atom stereocenters. The van der Waals surface area contributed by atoms with Crippen molar-refractivity contribution in [3.05, 3.63) is 24.1 Å². The first-order chi connectivity index (χ1) is 8.31. The van der Waals surface area contributed by atoms with Crippen LogP contribution in [0.2, 0.25) is 0 Å². The van der Waals surface area contributed by atoms with Gasteiger partial charge in [0.05, 0.1) is 12.7 Å². The van der Waals surface area contributed by atoms with Crippen molar-refractivity contribution in [3.63, 3.8) is 0 Å². The number of benzene rings is 1. The van der Waals surface area contributed by atoms with Gasteiger partial charge in [-0.05, 0) is 24.6 Å². The van der Waals surface area contributed by atoms with Crippen LogP contribution in [0.15, 0.2) is 22.6 Å². The van der Waals surface area contributed by atoms with E-state index in [1.54, 1.807) is 12.1 Å². The van der Waals surface area contributed by atoms with Gasteiger partial charge in [-0.2, -0.15) is 0 Å². The number of fused-ring (bicyclic) bond motifs is 1. The quantitative estimate of drug-likeness (QED) is 0.819. The van der Waals surface area contributed by atoms with Crippen LogP contribution >= 0.6 is 0 Å². The molecule has 1 fully saturated rings. The third-order valence-corrected chi connectivity index (χ3v) is 2.79. The van der Waals surface area contributed by atoms with Crippen LogP contribution in [0.5, 0.6) is 0 Å². The Hall–Kier alpha value is -1.59. The molecular formula is C12H14N2O3. The Kier molecular flexibility index (Phi) is 2.70. The lowest BCUT2D eigenvalue weighted by atomic mass is 10.3. The van der Waals surface area contributed by atoms with E-state index < -0.39 is 0 Å². The molecule has 0 saturated carbocycles. The van der Waals surface area contributed by atoms with Gasteiger partial charge in [-0.1, -0.05) is 0 Å². The predicted molar refractivity (Wildman–Crippen MR) is 62.4 cm³/mol. The molecule has 90 valence electrons. The van der Waals surface area contributed by atoms with Gasteiger partial charge in [0.2, 0.25) is 5.89 Å². The molecule has 0 radical (unpaired) electrons. The molecule has 0 aliphatic carbocycles. The zero-order valence-electron chi connectivity index (χ0n) is 9.39. The molecule has 2 heterocycles. The average Bonchev–Trinajstić information content (AvgIpc) is 2.94. The van der Waals surface area contributed by atoms with Gasteiger partial charge in [-0.25, -0.2) is 4.98 Å². The first kappa shape index (κ1) is 10.6. The van der Waals surface area contributed by atoms with E-state index in [9.17, 15) is 0 Å². The van der Waals surface area contributed by atoms with Gasteiger partial charge in [0.1, 0.15) is 12.1 Å². The van der Waals surface area contributed by atoms with E-state index in [2.05, 4.69) is 4.98 Å². The Morgan fingerprint density at radius 2 is 2.41 bits per heavy atom. The minimum absolute atomic E-state index is 0.162. The molecule has 0 amide bonds. The highest BCUT2D eigenvalue weighted by Gasteiger charge is 2.17. The molecule has 2 aromatic rings. The molecule has 0 bridgehead atoms. The summed E-state index contributed by atoms with van der Waals surface area (Å²) >= 11 is 0. The van der Waals surface area contributed by atoms with Crippen molar-refractivity contribution in [3.8, 4) is 0 Å². The molecule has 17 heavy (non-hydrogen) atoms. The number of hydrogen-bond donors (Lipinski definition) is 1. The standard InChI is InChI=1S/C12H14N2O3/c13-8-1-2-11-10(5-8)14-12(17-11)7-16-9-3-4-15-6-9/h1-2,5,9H,3-4,6-7,13H2. The normalized spacial score (nSPS) is 20.1. The van der Waals surface area contributed by atoms with E-state index in [1.165, 1.54) is 0 Å². The molecular weight excluding hydrogens is 220 g/mol. The summed E-state index contributed by atoms with van der Waals surface area (Å²) in [6.07, 6.45) is 1.10. The van der Waals surface area contributed by atoms with E-state index >= 15 is 0 Å². The molecule has 1 aliphatic heterocycles. The average molecular weight is 234 g/mol. The molecule has 5 heteroatoms. The van der Waals surface area contributed by atoms with E-state index in [-0.39, 0.29) is 6.10 Å². The van der Waals surface area contributed by atoms with Crippen LogP contribution in [0.4, 0.5) is 5.69 Å². The molecule has 1 aliphatic rings. The maximum atomic E-state index is 5.68. The molecule has 2 N–H and O–H groups in total. The highest BCUT2D eigenvalue weighted by molar-refractivity contribution is 5.76. The fourth-order valence-electron chi connectivity index (χ4n) is 1.89. The van der Waals surface area contributed by atoms with Crippen LogP contribution in [0.25, 0.3) is 11.1 Å². The first-order valence-electron chi connectivity index (χ1n) is 5.65. The highest BCUT2D eigenvalue weighted by Crippen LogP contribution is 2.19. The van der Waals surface area contributed by atoms with Crippen LogP contribution in [0.3, 0.4) is 0 Å². The molecule has 1 aromatic carbocycles. The monoisotopic (exact) mass is 234 g/mol. The molecule has 3 rings (SSSR count). The van der Waals surface area contributed by atoms with Gasteiger partial charge in [0, 0.05) is 12.3 Å². The van der Waals surface area contributed by atoms with Gasteiger partial charge >= 0.3 is 0 Å². The lowest BCUT2D eigenvalue weighted by Crippen LogP contribution is -2.11. The third kappa shape index (κ3) is 2.25. The molecule has 1 aromatic heterocycles. The Morgan fingerprint density at radius 1 is 1.47 bits per heavy atom. The van der Waals surface area contributed by atoms with Gasteiger partial charge in [0.15, 0.2) is 5.58 Å². The van der Waals surface area contributed by atoms with E-state index in [1.807, 2.05) is 6.07 Å². The van der Waals surface area contributed by atoms with Crippen molar-refractivity contribution in [1.29, 1.82) is 0 Å². The Morgan fingerprint density at radius 3 is 3.24 bits per heavy atom. The fraction of sp³-hybridized carbons (Fsp3) is 0.417. The van der Waals surface area contributed by atoms with E-state index in [0.29, 0.717) is 24.8 Å². The largest absolute Gasteiger partial charge is 0.438 e. The summed E-state index contributed by atoms with van der Waals surface area (Å²) in [5.74, 6) is 0.581. The Bertz CT molecular complexity index is 517. The number of anilines is 1. The van der Waals surface area contributed by atoms with Crippen LogP contribution in [-0.4, -0.2) is 24.3 Å². The van der Waals surface area contributed by atoms with E-state index in [4.69, 9.17) is 19.6 Å². The maximum Gasteiger partial charge on any atom is 0.221 e. The minimum Gasteiger partial charge on any atom is -0.438 e. The molecule has 5 nitrogen and oxygen atoms in total. The second kappa shape index (κ2) is 4.35. The van der Waals surface area contributed by atoms with Crippen LogP contribution in [0, 0.1) is 0 Å². The summed E-state index contributed by atoms with van der Waals surface area (Å²) in [6.45, 7) is 1.81.